The number of carbonyl (C=O) groups is 2. The second-order valence-corrected chi connectivity index (χ2v) is 7.12. The molecule has 1 aromatic heterocycles. The van der Waals surface area contributed by atoms with E-state index in [-0.39, 0.29) is 11.9 Å². The van der Waals surface area contributed by atoms with Crippen molar-refractivity contribution in [1.29, 1.82) is 0 Å². The molecule has 1 N–H and O–H groups in total. The summed E-state index contributed by atoms with van der Waals surface area (Å²) in [4.78, 5) is 25.7. The molecular weight excluding hydrogens is 286 g/mol. The number of aryl methyl sites for hydroxylation is 1. The number of hydrogen-bond acceptors (Lipinski definition) is 4. The van der Waals surface area contributed by atoms with Gasteiger partial charge in [-0.15, -0.1) is 11.3 Å². The van der Waals surface area contributed by atoms with Crippen LogP contribution in [-0.2, 0) is 9.53 Å². The van der Waals surface area contributed by atoms with Crippen LogP contribution < -0.4 is 5.32 Å². The summed E-state index contributed by atoms with van der Waals surface area (Å²) in [5, 5.41) is 3.02. The van der Waals surface area contributed by atoms with Gasteiger partial charge >= 0.3 is 5.97 Å². The molecule has 3 atom stereocenters. The highest BCUT2D eigenvalue weighted by molar-refractivity contribution is 7.13. The lowest BCUT2D eigenvalue weighted by molar-refractivity contribution is -0.130. The van der Waals surface area contributed by atoms with Crippen LogP contribution in [0.2, 0.25) is 0 Å². The van der Waals surface area contributed by atoms with E-state index >= 15 is 0 Å². The average Bonchev–Trinajstić information content (AvgIpc) is 2.88. The van der Waals surface area contributed by atoms with Crippen LogP contribution in [0.3, 0.4) is 0 Å². The molecule has 0 radical (unpaired) electrons. The molecule has 0 spiro atoms. The smallest absolute Gasteiger partial charge is 0.349 e. The second-order valence-electron chi connectivity index (χ2n) is 5.83. The quantitative estimate of drug-likeness (QED) is 0.868. The fraction of sp³-hybridized carbons (Fsp3) is 0.625. The Morgan fingerprint density at radius 1 is 1.33 bits per heavy atom. The molecule has 0 bridgehead atoms. The molecule has 0 aliphatic heterocycles. The van der Waals surface area contributed by atoms with Crippen LogP contribution in [0.4, 0.5) is 0 Å². The van der Waals surface area contributed by atoms with Crippen molar-refractivity contribution in [2.24, 2.45) is 5.92 Å². The molecule has 1 aliphatic rings. The van der Waals surface area contributed by atoms with Gasteiger partial charge in [-0.1, -0.05) is 19.8 Å². The number of hydrogen-bond donors (Lipinski definition) is 1. The third-order valence-corrected chi connectivity index (χ3v) is 5.01. The lowest BCUT2D eigenvalue weighted by Gasteiger charge is -2.30. The topological polar surface area (TPSA) is 55.4 Å². The number of ether oxygens (including phenoxy) is 1. The monoisotopic (exact) mass is 309 g/mol. The zero-order chi connectivity index (χ0) is 15.4. The van der Waals surface area contributed by atoms with E-state index in [1.165, 1.54) is 17.8 Å². The van der Waals surface area contributed by atoms with Gasteiger partial charge in [-0.25, -0.2) is 4.79 Å². The van der Waals surface area contributed by atoms with Gasteiger partial charge < -0.3 is 10.1 Å². The van der Waals surface area contributed by atoms with E-state index in [1.807, 2.05) is 13.0 Å². The van der Waals surface area contributed by atoms with Crippen LogP contribution >= 0.6 is 11.3 Å². The second kappa shape index (κ2) is 7.07. The molecule has 1 saturated carbocycles. The lowest BCUT2D eigenvalue weighted by Crippen LogP contribution is -2.45. The van der Waals surface area contributed by atoms with Crippen molar-refractivity contribution < 1.29 is 14.3 Å². The summed E-state index contributed by atoms with van der Waals surface area (Å²) in [7, 11) is 0. The van der Waals surface area contributed by atoms with Gasteiger partial charge in [0.05, 0.1) is 0 Å². The molecule has 1 heterocycles. The highest BCUT2D eigenvalue weighted by Gasteiger charge is 2.26. The van der Waals surface area contributed by atoms with Crippen LogP contribution in [0.25, 0.3) is 0 Å². The number of esters is 1. The third kappa shape index (κ3) is 4.30. The molecule has 21 heavy (non-hydrogen) atoms. The summed E-state index contributed by atoms with van der Waals surface area (Å²) in [5.74, 6) is -0.131. The Kier molecular flexibility index (Phi) is 5.39. The van der Waals surface area contributed by atoms with Crippen molar-refractivity contribution in [2.75, 3.05) is 0 Å². The molecule has 1 aromatic rings. The minimum atomic E-state index is -0.756. The molecule has 116 valence electrons. The first-order valence-corrected chi connectivity index (χ1v) is 8.37. The van der Waals surface area contributed by atoms with E-state index in [9.17, 15) is 9.59 Å². The van der Waals surface area contributed by atoms with E-state index in [4.69, 9.17) is 4.74 Å². The fourth-order valence-electron chi connectivity index (χ4n) is 2.65. The normalized spacial score (nSPS) is 23.4. The summed E-state index contributed by atoms with van der Waals surface area (Å²) in [6.45, 7) is 5.72. The first kappa shape index (κ1) is 16.0. The summed E-state index contributed by atoms with van der Waals surface area (Å²) < 4.78 is 5.25. The predicted molar refractivity (Wildman–Crippen MR) is 83.5 cm³/mol. The zero-order valence-electron chi connectivity index (χ0n) is 12.8. The Bertz CT molecular complexity index is 511. The van der Waals surface area contributed by atoms with Crippen molar-refractivity contribution >= 4 is 23.2 Å². The number of amides is 1. The van der Waals surface area contributed by atoms with Gasteiger partial charge in [-0.2, -0.15) is 0 Å². The van der Waals surface area contributed by atoms with Gasteiger partial charge in [0.2, 0.25) is 0 Å². The Labute approximate surface area is 129 Å². The molecule has 1 fully saturated rings. The number of nitrogens with one attached hydrogen (secondary N) is 1. The largest absolute Gasteiger partial charge is 0.448 e. The van der Waals surface area contributed by atoms with E-state index in [0.717, 1.165) is 24.1 Å². The predicted octanol–water partition coefficient (Wildman–Crippen LogP) is 3.30. The Hall–Kier alpha value is -1.36. The molecular formula is C16H23NO3S. The maximum absolute atomic E-state index is 12.1. The van der Waals surface area contributed by atoms with Crippen molar-refractivity contribution in [3.8, 4) is 0 Å². The highest BCUT2D eigenvalue weighted by Crippen LogP contribution is 2.24. The highest BCUT2D eigenvalue weighted by atomic mass is 32.1. The standard InChI is InChI=1S/C16H23NO3S/c1-10-6-4-5-7-13(10)17-15(18)12(3)20-16(19)14-9-8-11(2)21-14/h8-10,12-13H,4-7H2,1-3H3,(H,17,18)/t10-,12+,13-/m0/s1. The lowest BCUT2D eigenvalue weighted by atomic mass is 9.86. The van der Waals surface area contributed by atoms with E-state index in [2.05, 4.69) is 12.2 Å². The Morgan fingerprint density at radius 2 is 2.05 bits per heavy atom. The SMILES string of the molecule is Cc1ccc(C(=O)O[C@H](C)C(=O)N[C@H]2CCCC[C@@H]2C)s1. The van der Waals surface area contributed by atoms with Crippen LogP contribution in [0.15, 0.2) is 12.1 Å². The van der Waals surface area contributed by atoms with E-state index in [1.54, 1.807) is 13.0 Å². The van der Waals surface area contributed by atoms with Crippen molar-refractivity contribution in [2.45, 2.75) is 58.6 Å². The van der Waals surface area contributed by atoms with Gasteiger partial charge in [0.25, 0.3) is 5.91 Å². The van der Waals surface area contributed by atoms with Crippen molar-refractivity contribution in [3.63, 3.8) is 0 Å². The summed E-state index contributed by atoms with van der Waals surface area (Å²) in [5.41, 5.74) is 0. The van der Waals surface area contributed by atoms with Gasteiger partial charge in [-0.05, 0) is 44.7 Å². The molecule has 1 aliphatic carbocycles. The van der Waals surface area contributed by atoms with Crippen molar-refractivity contribution in [3.05, 3.63) is 21.9 Å². The molecule has 2 rings (SSSR count). The molecule has 0 aromatic carbocycles. The molecule has 1 amide bonds. The van der Waals surface area contributed by atoms with E-state index in [0.29, 0.717) is 10.8 Å². The zero-order valence-corrected chi connectivity index (χ0v) is 13.7. The minimum Gasteiger partial charge on any atom is -0.448 e. The Balaban J connectivity index is 1.86. The molecule has 0 unspecified atom stereocenters. The molecule has 5 heteroatoms. The Morgan fingerprint density at radius 3 is 2.67 bits per heavy atom. The third-order valence-electron chi connectivity index (χ3n) is 4.03. The maximum atomic E-state index is 12.1. The van der Waals surface area contributed by atoms with Gasteiger partial charge in [0.1, 0.15) is 4.88 Å². The van der Waals surface area contributed by atoms with Gasteiger partial charge in [-0.3, -0.25) is 4.79 Å². The minimum absolute atomic E-state index is 0.199. The van der Waals surface area contributed by atoms with Crippen LogP contribution in [0.1, 0.15) is 54.1 Å². The van der Waals surface area contributed by atoms with Crippen LogP contribution in [0.5, 0.6) is 0 Å². The van der Waals surface area contributed by atoms with Gasteiger partial charge in [0, 0.05) is 10.9 Å². The van der Waals surface area contributed by atoms with Gasteiger partial charge in [0.15, 0.2) is 6.10 Å². The maximum Gasteiger partial charge on any atom is 0.349 e. The summed E-state index contributed by atoms with van der Waals surface area (Å²) >= 11 is 1.38. The van der Waals surface area contributed by atoms with Crippen LogP contribution in [-0.4, -0.2) is 24.0 Å². The number of carbonyl (C=O) groups excluding carboxylic acids is 2. The first-order chi connectivity index (χ1) is 9.97. The molecule has 4 nitrogen and oxygen atoms in total. The number of rotatable bonds is 4. The summed E-state index contributed by atoms with van der Waals surface area (Å²) in [6, 6.07) is 3.81. The van der Waals surface area contributed by atoms with Crippen molar-refractivity contribution in [1.82, 2.24) is 5.32 Å². The molecule has 0 saturated heterocycles. The van der Waals surface area contributed by atoms with Crippen LogP contribution in [0, 0.1) is 12.8 Å². The fourth-order valence-corrected chi connectivity index (χ4v) is 3.40. The number of thiophene rings is 1. The average molecular weight is 309 g/mol. The van der Waals surface area contributed by atoms with E-state index < -0.39 is 12.1 Å². The first-order valence-electron chi connectivity index (χ1n) is 7.55. The summed E-state index contributed by atoms with van der Waals surface area (Å²) in [6.07, 6.45) is 3.79.